The molecule has 23 heavy (non-hydrogen) atoms. The largest absolute Gasteiger partial charge is 0.480 e. The molecule has 0 bridgehead atoms. The molecule has 6 heteroatoms. The number of rotatable bonds is 5. The number of nitrogens with zero attached hydrogens (tertiary/aromatic N) is 1. The molecule has 1 fully saturated rings. The van der Waals surface area contributed by atoms with Gasteiger partial charge in [-0.05, 0) is 57.8 Å². The fourth-order valence-corrected chi connectivity index (χ4v) is 2.86. The van der Waals surface area contributed by atoms with Crippen LogP contribution in [0.25, 0.3) is 0 Å². The number of carboxylic acids is 1. The summed E-state index contributed by atoms with van der Waals surface area (Å²) in [5.41, 5.74) is 4.83. The molecule has 1 rings (SSSR count). The lowest BCUT2D eigenvalue weighted by Crippen LogP contribution is -2.45. The summed E-state index contributed by atoms with van der Waals surface area (Å²) in [7, 11) is 0. The van der Waals surface area contributed by atoms with Crippen molar-refractivity contribution in [1.82, 2.24) is 4.90 Å². The lowest BCUT2D eigenvalue weighted by Gasteiger charge is -2.36. The lowest BCUT2D eigenvalue weighted by molar-refractivity contribution is -0.141. The van der Waals surface area contributed by atoms with Crippen molar-refractivity contribution in [2.24, 2.45) is 17.1 Å². The van der Waals surface area contributed by atoms with Gasteiger partial charge in [-0.25, -0.2) is 4.79 Å². The summed E-state index contributed by atoms with van der Waals surface area (Å²) in [5, 5.41) is 9.08. The average molecular weight is 328 g/mol. The van der Waals surface area contributed by atoms with E-state index in [4.69, 9.17) is 15.6 Å². The Morgan fingerprint density at radius 2 is 1.91 bits per heavy atom. The van der Waals surface area contributed by atoms with Crippen molar-refractivity contribution in [1.29, 1.82) is 0 Å². The smallest absolute Gasteiger partial charge is 0.410 e. The first kappa shape index (κ1) is 19.7. The van der Waals surface area contributed by atoms with Gasteiger partial charge in [0.1, 0.15) is 11.6 Å². The molecule has 2 atom stereocenters. The monoisotopic (exact) mass is 328 g/mol. The van der Waals surface area contributed by atoms with E-state index in [0.29, 0.717) is 12.5 Å². The predicted octanol–water partition coefficient (Wildman–Crippen LogP) is 2.85. The normalized spacial score (nSPS) is 21.0. The van der Waals surface area contributed by atoms with Crippen molar-refractivity contribution in [2.45, 2.75) is 71.9 Å². The zero-order valence-electron chi connectivity index (χ0n) is 15.1. The number of nitrogens with two attached hydrogens (primary N) is 1. The van der Waals surface area contributed by atoms with Gasteiger partial charge in [-0.2, -0.15) is 0 Å². The van der Waals surface area contributed by atoms with E-state index < -0.39 is 23.0 Å². The summed E-state index contributed by atoms with van der Waals surface area (Å²) < 4.78 is 5.43. The minimum Gasteiger partial charge on any atom is -0.480 e. The molecule has 134 valence electrons. The maximum Gasteiger partial charge on any atom is 0.410 e. The molecule has 0 saturated carbocycles. The Balaban J connectivity index is 2.53. The van der Waals surface area contributed by atoms with Crippen LogP contribution in [0.3, 0.4) is 0 Å². The summed E-state index contributed by atoms with van der Waals surface area (Å²) in [6, 6.07) is -0.868. The Labute approximate surface area is 139 Å². The molecule has 0 radical (unpaired) electrons. The van der Waals surface area contributed by atoms with Gasteiger partial charge in [0.25, 0.3) is 0 Å². The Kier molecular flexibility index (Phi) is 6.45. The van der Waals surface area contributed by atoms with Crippen molar-refractivity contribution in [2.75, 3.05) is 13.1 Å². The van der Waals surface area contributed by atoms with Crippen LogP contribution in [0.15, 0.2) is 0 Å². The highest BCUT2D eigenvalue weighted by Gasteiger charge is 2.34. The third-order valence-corrected chi connectivity index (χ3v) is 4.48. The van der Waals surface area contributed by atoms with Gasteiger partial charge in [0.15, 0.2) is 0 Å². The summed E-state index contributed by atoms with van der Waals surface area (Å²) >= 11 is 0. The quantitative estimate of drug-likeness (QED) is 0.809. The third kappa shape index (κ3) is 6.37. The molecule has 0 aromatic heterocycles. The van der Waals surface area contributed by atoms with Gasteiger partial charge in [0.2, 0.25) is 0 Å². The number of piperidine rings is 1. The highest BCUT2D eigenvalue weighted by molar-refractivity contribution is 5.74. The highest BCUT2D eigenvalue weighted by Crippen LogP contribution is 2.31. The summed E-state index contributed by atoms with van der Waals surface area (Å²) in [6.07, 6.45) is 3.34. The maximum absolute atomic E-state index is 12.2. The minimum absolute atomic E-state index is 0.260. The van der Waals surface area contributed by atoms with E-state index >= 15 is 0 Å². The number of carbonyl (C=O) groups is 2. The van der Waals surface area contributed by atoms with E-state index in [0.717, 1.165) is 32.2 Å². The van der Waals surface area contributed by atoms with Crippen LogP contribution >= 0.6 is 0 Å². The molecule has 0 aromatic rings. The predicted molar refractivity (Wildman–Crippen MR) is 89.2 cm³/mol. The molecule has 0 spiro atoms. The van der Waals surface area contributed by atoms with E-state index in [2.05, 4.69) is 0 Å². The molecule has 2 unspecified atom stereocenters. The molecule has 1 amide bonds. The second kappa shape index (κ2) is 7.51. The molecule has 1 aliphatic rings. The number of hydrogen-bond donors (Lipinski definition) is 2. The first-order valence-electron chi connectivity index (χ1n) is 8.39. The zero-order chi connectivity index (χ0) is 17.8. The van der Waals surface area contributed by atoms with Gasteiger partial charge in [-0.1, -0.05) is 13.8 Å². The maximum atomic E-state index is 12.2. The standard InChI is InChI=1S/C17H32N2O4/c1-16(2,3)23-15(22)19-10-6-7-12(11-19)8-9-17(4,5)13(18)14(20)21/h12-13H,6-11,18H2,1-5H3,(H,20,21). The fraction of sp³-hybridized carbons (Fsp3) is 0.882. The van der Waals surface area contributed by atoms with E-state index in [1.807, 2.05) is 34.6 Å². The molecule has 1 heterocycles. The van der Waals surface area contributed by atoms with Gasteiger partial charge in [-0.3, -0.25) is 4.79 Å². The SMILES string of the molecule is CC(C)(C)OC(=O)N1CCCC(CCC(C)(C)C(N)C(=O)O)C1. The Morgan fingerprint density at radius 1 is 1.30 bits per heavy atom. The van der Waals surface area contributed by atoms with Crippen LogP contribution < -0.4 is 5.73 Å². The highest BCUT2D eigenvalue weighted by atomic mass is 16.6. The van der Waals surface area contributed by atoms with Gasteiger partial charge in [0.05, 0.1) is 0 Å². The zero-order valence-corrected chi connectivity index (χ0v) is 15.1. The van der Waals surface area contributed by atoms with Crippen LogP contribution in [0.4, 0.5) is 4.79 Å². The van der Waals surface area contributed by atoms with Crippen LogP contribution in [0.1, 0.15) is 60.3 Å². The molecule has 0 aromatic carbocycles. The number of carboxylic acid groups (broad SMARTS) is 1. The number of hydrogen-bond acceptors (Lipinski definition) is 4. The molecule has 0 aliphatic carbocycles. The van der Waals surface area contributed by atoms with Crippen LogP contribution in [0.5, 0.6) is 0 Å². The van der Waals surface area contributed by atoms with E-state index in [1.54, 1.807) is 4.90 Å². The van der Waals surface area contributed by atoms with Crippen molar-refractivity contribution in [3.63, 3.8) is 0 Å². The topological polar surface area (TPSA) is 92.9 Å². The second-order valence-corrected chi connectivity index (χ2v) is 8.28. The van der Waals surface area contributed by atoms with Gasteiger partial charge >= 0.3 is 12.1 Å². The third-order valence-electron chi connectivity index (χ3n) is 4.48. The second-order valence-electron chi connectivity index (χ2n) is 8.28. The van der Waals surface area contributed by atoms with Crippen LogP contribution in [-0.4, -0.2) is 46.8 Å². The number of likely N-dealkylation sites (tertiary alicyclic amines) is 1. The van der Waals surface area contributed by atoms with Crippen molar-refractivity contribution < 1.29 is 19.4 Å². The lowest BCUT2D eigenvalue weighted by atomic mass is 9.77. The van der Waals surface area contributed by atoms with Gasteiger partial charge in [-0.15, -0.1) is 0 Å². The first-order chi connectivity index (χ1) is 10.4. The van der Waals surface area contributed by atoms with E-state index in [-0.39, 0.29) is 6.09 Å². The number of aliphatic carboxylic acids is 1. The summed E-state index contributed by atoms with van der Waals surface area (Å²) in [5.74, 6) is -0.592. The minimum atomic E-state index is -0.964. The molecular formula is C17H32N2O4. The molecule has 3 N–H and O–H groups in total. The Hall–Kier alpha value is -1.30. The first-order valence-corrected chi connectivity index (χ1v) is 8.39. The van der Waals surface area contributed by atoms with Gasteiger partial charge in [0, 0.05) is 13.1 Å². The molecular weight excluding hydrogens is 296 g/mol. The van der Waals surface area contributed by atoms with E-state index in [9.17, 15) is 9.59 Å². The Morgan fingerprint density at radius 3 is 2.43 bits per heavy atom. The van der Waals surface area contributed by atoms with E-state index in [1.165, 1.54) is 0 Å². The van der Waals surface area contributed by atoms with Crippen molar-refractivity contribution in [3.8, 4) is 0 Å². The fourth-order valence-electron chi connectivity index (χ4n) is 2.86. The van der Waals surface area contributed by atoms with Crippen LogP contribution in [-0.2, 0) is 9.53 Å². The number of carbonyl (C=O) groups excluding carboxylic acids is 1. The molecule has 1 aliphatic heterocycles. The van der Waals surface area contributed by atoms with Crippen LogP contribution in [0, 0.1) is 11.3 Å². The average Bonchev–Trinajstić information content (AvgIpc) is 2.43. The number of ether oxygens (including phenoxy) is 1. The Bertz CT molecular complexity index is 429. The number of amides is 1. The van der Waals surface area contributed by atoms with Crippen molar-refractivity contribution >= 4 is 12.1 Å². The van der Waals surface area contributed by atoms with Crippen LogP contribution in [0.2, 0.25) is 0 Å². The van der Waals surface area contributed by atoms with Crippen molar-refractivity contribution in [3.05, 3.63) is 0 Å². The summed E-state index contributed by atoms with van der Waals surface area (Å²) in [4.78, 5) is 25.0. The molecule has 6 nitrogen and oxygen atoms in total. The van der Waals surface area contributed by atoms with Gasteiger partial charge < -0.3 is 20.5 Å². The molecule has 1 saturated heterocycles. The summed E-state index contributed by atoms with van der Waals surface area (Å²) in [6.45, 7) is 10.8.